The SMILES string of the molecule is CS(=O)(=O)Cc1cccc(C2(N)N=CNC(N)=N2)c1. The van der Waals surface area contributed by atoms with Crippen molar-refractivity contribution in [1.29, 1.82) is 0 Å². The van der Waals surface area contributed by atoms with Crippen LogP contribution in [0.25, 0.3) is 0 Å². The first-order chi connectivity index (χ1) is 8.78. The highest BCUT2D eigenvalue weighted by Gasteiger charge is 2.28. The molecule has 102 valence electrons. The van der Waals surface area contributed by atoms with Gasteiger partial charge in [-0.2, -0.15) is 0 Å². The van der Waals surface area contributed by atoms with Crippen molar-refractivity contribution in [2.45, 2.75) is 11.5 Å². The molecule has 7 nitrogen and oxygen atoms in total. The normalized spacial score (nSPS) is 22.7. The highest BCUT2D eigenvalue weighted by Crippen LogP contribution is 2.23. The van der Waals surface area contributed by atoms with Crippen molar-refractivity contribution in [1.82, 2.24) is 5.32 Å². The maximum Gasteiger partial charge on any atom is 0.233 e. The fourth-order valence-corrected chi connectivity index (χ4v) is 2.56. The van der Waals surface area contributed by atoms with Crippen LogP contribution in [0, 0.1) is 0 Å². The summed E-state index contributed by atoms with van der Waals surface area (Å²) in [5, 5.41) is 2.62. The van der Waals surface area contributed by atoms with Crippen LogP contribution in [0.1, 0.15) is 11.1 Å². The first kappa shape index (κ1) is 13.5. The van der Waals surface area contributed by atoms with E-state index in [1.807, 2.05) is 0 Å². The minimum Gasteiger partial charge on any atom is -0.370 e. The standard InChI is InChI=1S/C11H15N5O2S/c1-19(17,18)6-8-3-2-4-9(5-8)11(13)15-7-14-10(12)16-11/h2-5,7H,6,13H2,1H3,(H3,12,14,15,16). The van der Waals surface area contributed by atoms with Crippen molar-refractivity contribution in [3.63, 3.8) is 0 Å². The largest absolute Gasteiger partial charge is 0.370 e. The zero-order chi connectivity index (χ0) is 14.1. The summed E-state index contributed by atoms with van der Waals surface area (Å²) in [6, 6.07) is 6.82. The third-order valence-electron chi connectivity index (χ3n) is 2.55. The van der Waals surface area contributed by atoms with Gasteiger partial charge in [-0.15, -0.1) is 0 Å². The van der Waals surface area contributed by atoms with Crippen LogP contribution in [0.2, 0.25) is 0 Å². The van der Waals surface area contributed by atoms with Gasteiger partial charge in [0.05, 0.1) is 12.1 Å². The Morgan fingerprint density at radius 3 is 2.79 bits per heavy atom. The first-order valence-electron chi connectivity index (χ1n) is 5.50. The van der Waals surface area contributed by atoms with E-state index in [9.17, 15) is 8.42 Å². The predicted octanol–water partition coefficient (Wildman–Crippen LogP) is -0.754. The van der Waals surface area contributed by atoms with Gasteiger partial charge >= 0.3 is 0 Å². The number of hydrogen-bond acceptors (Lipinski definition) is 7. The number of benzene rings is 1. The highest BCUT2D eigenvalue weighted by atomic mass is 32.2. The lowest BCUT2D eigenvalue weighted by molar-refractivity contribution is 0.488. The van der Waals surface area contributed by atoms with Crippen molar-refractivity contribution < 1.29 is 8.42 Å². The van der Waals surface area contributed by atoms with E-state index >= 15 is 0 Å². The van der Waals surface area contributed by atoms with E-state index in [-0.39, 0.29) is 11.7 Å². The summed E-state index contributed by atoms with van der Waals surface area (Å²) in [6.45, 7) is 0. The molecule has 1 unspecified atom stereocenters. The average Bonchev–Trinajstić information content (AvgIpc) is 2.26. The number of hydrogen-bond donors (Lipinski definition) is 3. The number of rotatable bonds is 3. The lowest BCUT2D eigenvalue weighted by Crippen LogP contribution is -2.44. The molecular formula is C11H15N5O2S. The molecule has 0 amide bonds. The van der Waals surface area contributed by atoms with Crippen LogP contribution >= 0.6 is 0 Å². The molecule has 8 heteroatoms. The van der Waals surface area contributed by atoms with Crippen LogP contribution < -0.4 is 16.8 Å². The summed E-state index contributed by atoms with van der Waals surface area (Å²) in [5.74, 6) is -1.22. The monoisotopic (exact) mass is 281 g/mol. The lowest BCUT2D eigenvalue weighted by Gasteiger charge is -2.24. The van der Waals surface area contributed by atoms with E-state index in [2.05, 4.69) is 15.3 Å². The van der Waals surface area contributed by atoms with E-state index in [0.717, 1.165) is 0 Å². The van der Waals surface area contributed by atoms with Gasteiger partial charge in [-0.25, -0.2) is 18.4 Å². The van der Waals surface area contributed by atoms with Gasteiger partial charge in [0.1, 0.15) is 0 Å². The molecule has 0 bridgehead atoms. The van der Waals surface area contributed by atoms with Crippen LogP contribution in [0.3, 0.4) is 0 Å². The molecular weight excluding hydrogens is 266 g/mol. The van der Waals surface area contributed by atoms with Crippen LogP contribution in [0.15, 0.2) is 34.3 Å². The quantitative estimate of drug-likeness (QED) is 0.672. The van der Waals surface area contributed by atoms with Gasteiger partial charge in [-0.05, 0) is 11.6 Å². The van der Waals surface area contributed by atoms with Crippen LogP contribution in [-0.2, 0) is 21.4 Å². The minimum absolute atomic E-state index is 0.0575. The van der Waals surface area contributed by atoms with Crippen molar-refractivity contribution in [2.24, 2.45) is 21.5 Å². The second-order valence-corrected chi connectivity index (χ2v) is 6.54. The van der Waals surface area contributed by atoms with Crippen molar-refractivity contribution >= 4 is 22.1 Å². The lowest BCUT2D eigenvalue weighted by atomic mass is 10.1. The third-order valence-corrected chi connectivity index (χ3v) is 3.40. The van der Waals surface area contributed by atoms with Gasteiger partial charge in [0.25, 0.3) is 0 Å². The molecule has 1 aliphatic heterocycles. The van der Waals surface area contributed by atoms with Gasteiger partial charge in [0, 0.05) is 11.8 Å². The fourth-order valence-electron chi connectivity index (χ4n) is 1.77. The molecule has 0 aromatic heterocycles. The second-order valence-electron chi connectivity index (χ2n) is 4.40. The molecule has 0 saturated heterocycles. The molecule has 0 radical (unpaired) electrons. The Kier molecular flexibility index (Phi) is 3.29. The minimum atomic E-state index is -3.11. The second kappa shape index (κ2) is 4.63. The van der Waals surface area contributed by atoms with Gasteiger partial charge in [0.15, 0.2) is 15.8 Å². The molecule has 1 aromatic carbocycles. The Morgan fingerprint density at radius 1 is 1.42 bits per heavy atom. The number of nitrogens with one attached hydrogen (secondary N) is 1. The Morgan fingerprint density at radius 2 is 2.16 bits per heavy atom. The molecule has 0 spiro atoms. The Bertz CT molecular complexity index is 653. The summed E-state index contributed by atoms with van der Waals surface area (Å²) >= 11 is 0. The van der Waals surface area contributed by atoms with Crippen molar-refractivity contribution in [3.05, 3.63) is 35.4 Å². The number of sulfone groups is 1. The maximum absolute atomic E-state index is 11.3. The molecule has 5 N–H and O–H groups in total. The number of aliphatic imine (C=N–C) groups is 2. The van der Waals surface area contributed by atoms with Crippen molar-refractivity contribution in [3.8, 4) is 0 Å². The zero-order valence-electron chi connectivity index (χ0n) is 10.4. The summed E-state index contributed by atoms with van der Waals surface area (Å²) in [6.07, 6.45) is 2.54. The fraction of sp³-hybridized carbons (Fsp3) is 0.273. The third kappa shape index (κ3) is 3.30. The summed E-state index contributed by atoms with van der Waals surface area (Å²) < 4.78 is 22.6. The molecule has 1 atom stereocenters. The van der Waals surface area contributed by atoms with Crippen LogP contribution in [0.4, 0.5) is 0 Å². The number of nitrogens with zero attached hydrogens (tertiary/aromatic N) is 2. The number of nitrogens with two attached hydrogens (primary N) is 2. The Labute approximate surface area is 111 Å². The molecule has 19 heavy (non-hydrogen) atoms. The van der Waals surface area contributed by atoms with Crippen LogP contribution in [-0.4, -0.2) is 27.0 Å². The van der Waals surface area contributed by atoms with Gasteiger partial charge in [-0.3, -0.25) is 5.73 Å². The maximum atomic E-state index is 11.3. The zero-order valence-corrected chi connectivity index (χ0v) is 11.2. The van der Waals surface area contributed by atoms with Crippen LogP contribution in [0.5, 0.6) is 0 Å². The van der Waals surface area contributed by atoms with E-state index in [1.165, 1.54) is 12.6 Å². The molecule has 0 aliphatic carbocycles. The van der Waals surface area contributed by atoms with Gasteiger partial charge in [-0.1, -0.05) is 18.2 Å². The molecule has 1 aromatic rings. The molecule has 2 rings (SSSR count). The summed E-state index contributed by atoms with van der Waals surface area (Å²) in [4.78, 5) is 8.08. The molecule has 0 fully saturated rings. The van der Waals surface area contributed by atoms with Gasteiger partial charge in [0.2, 0.25) is 5.79 Å². The Balaban J connectivity index is 2.39. The topological polar surface area (TPSA) is 123 Å². The van der Waals surface area contributed by atoms with Gasteiger partial charge < -0.3 is 11.1 Å². The predicted molar refractivity (Wildman–Crippen MR) is 74.1 cm³/mol. The Hall–Kier alpha value is -1.93. The highest BCUT2D eigenvalue weighted by molar-refractivity contribution is 7.89. The molecule has 1 heterocycles. The molecule has 1 aliphatic rings. The summed E-state index contributed by atoms with van der Waals surface area (Å²) in [5.41, 5.74) is 12.8. The number of guanidine groups is 1. The van der Waals surface area contributed by atoms with E-state index in [1.54, 1.807) is 24.3 Å². The average molecular weight is 281 g/mol. The smallest absolute Gasteiger partial charge is 0.233 e. The van der Waals surface area contributed by atoms with E-state index in [4.69, 9.17) is 11.5 Å². The molecule has 0 saturated carbocycles. The first-order valence-corrected chi connectivity index (χ1v) is 7.56. The van der Waals surface area contributed by atoms with Crippen molar-refractivity contribution in [2.75, 3.05) is 6.26 Å². The van der Waals surface area contributed by atoms with E-state index < -0.39 is 15.6 Å². The summed E-state index contributed by atoms with van der Waals surface area (Å²) in [7, 11) is -3.11. The van der Waals surface area contributed by atoms with E-state index in [0.29, 0.717) is 11.1 Å².